The molecule has 2 rings (SSSR count). The van der Waals surface area contributed by atoms with E-state index in [1.807, 2.05) is 7.05 Å². The van der Waals surface area contributed by atoms with Gasteiger partial charge < -0.3 is 15.4 Å². The molecule has 0 aromatic carbocycles. The monoisotopic (exact) mass is 437 g/mol. The van der Waals surface area contributed by atoms with Crippen molar-refractivity contribution in [2.75, 3.05) is 20.2 Å². The molecule has 136 valence electrons. The van der Waals surface area contributed by atoms with Crippen LogP contribution in [0.4, 0.5) is 0 Å². The SMILES string of the molecule is CN=C(NCCCCOC1CCCCCC1)NC1CCCC1.I. The zero-order valence-electron chi connectivity index (χ0n) is 14.8. The number of guanidine groups is 1. The van der Waals surface area contributed by atoms with Crippen molar-refractivity contribution in [2.45, 2.75) is 89.2 Å². The highest BCUT2D eigenvalue weighted by atomic mass is 127. The molecule has 2 saturated carbocycles. The number of hydrogen-bond donors (Lipinski definition) is 2. The molecule has 2 N–H and O–H groups in total. The number of nitrogens with one attached hydrogen (secondary N) is 2. The molecule has 0 radical (unpaired) electrons. The van der Waals surface area contributed by atoms with Crippen LogP contribution in [0.25, 0.3) is 0 Å². The van der Waals surface area contributed by atoms with Gasteiger partial charge in [-0.3, -0.25) is 4.99 Å². The van der Waals surface area contributed by atoms with Crippen molar-refractivity contribution in [1.29, 1.82) is 0 Å². The molecular formula is C18H36IN3O. The Bertz CT molecular complexity index is 311. The van der Waals surface area contributed by atoms with Crippen molar-refractivity contribution in [3.8, 4) is 0 Å². The van der Waals surface area contributed by atoms with Gasteiger partial charge in [-0.15, -0.1) is 24.0 Å². The smallest absolute Gasteiger partial charge is 0.191 e. The van der Waals surface area contributed by atoms with Crippen LogP contribution in [0, 0.1) is 0 Å². The molecule has 0 saturated heterocycles. The number of aliphatic imine (C=N–C) groups is 1. The van der Waals surface area contributed by atoms with Gasteiger partial charge in [0.25, 0.3) is 0 Å². The molecule has 0 atom stereocenters. The molecule has 2 fully saturated rings. The van der Waals surface area contributed by atoms with Crippen LogP contribution in [0.2, 0.25) is 0 Å². The minimum Gasteiger partial charge on any atom is -0.378 e. The zero-order valence-corrected chi connectivity index (χ0v) is 17.1. The maximum absolute atomic E-state index is 6.03. The van der Waals surface area contributed by atoms with E-state index in [-0.39, 0.29) is 24.0 Å². The fourth-order valence-corrected chi connectivity index (χ4v) is 3.55. The van der Waals surface area contributed by atoms with Crippen molar-refractivity contribution in [3.05, 3.63) is 0 Å². The van der Waals surface area contributed by atoms with E-state index >= 15 is 0 Å². The molecule has 0 heterocycles. The van der Waals surface area contributed by atoms with Gasteiger partial charge in [0, 0.05) is 26.2 Å². The van der Waals surface area contributed by atoms with Crippen molar-refractivity contribution in [3.63, 3.8) is 0 Å². The quantitative estimate of drug-likeness (QED) is 0.206. The summed E-state index contributed by atoms with van der Waals surface area (Å²) in [5.74, 6) is 0.969. The third-order valence-electron chi connectivity index (χ3n) is 4.94. The first-order valence-corrected chi connectivity index (χ1v) is 9.47. The molecule has 0 spiro atoms. The van der Waals surface area contributed by atoms with E-state index in [9.17, 15) is 0 Å². The normalized spacial score (nSPS) is 20.8. The summed E-state index contributed by atoms with van der Waals surface area (Å²) in [5.41, 5.74) is 0. The third-order valence-corrected chi connectivity index (χ3v) is 4.94. The standard InChI is InChI=1S/C18H35N3O.HI/c1-19-18(21-16-10-6-7-11-16)20-14-8-9-15-22-17-12-4-2-3-5-13-17;/h16-17H,2-15H2,1H3,(H2,19,20,21);1H. The lowest BCUT2D eigenvalue weighted by Crippen LogP contribution is -2.42. The summed E-state index contributed by atoms with van der Waals surface area (Å²) in [4.78, 5) is 4.32. The van der Waals surface area contributed by atoms with Crippen molar-refractivity contribution < 1.29 is 4.74 Å². The van der Waals surface area contributed by atoms with Gasteiger partial charge in [-0.05, 0) is 38.5 Å². The topological polar surface area (TPSA) is 45.7 Å². The van der Waals surface area contributed by atoms with Gasteiger partial charge in [-0.25, -0.2) is 0 Å². The number of unbranched alkanes of at least 4 members (excludes halogenated alkanes) is 1. The molecule has 2 aliphatic carbocycles. The first-order chi connectivity index (χ1) is 10.9. The fourth-order valence-electron chi connectivity index (χ4n) is 3.55. The highest BCUT2D eigenvalue weighted by molar-refractivity contribution is 14.0. The summed E-state index contributed by atoms with van der Waals surface area (Å²) in [6.07, 6.45) is 16.2. The van der Waals surface area contributed by atoms with Gasteiger partial charge in [0.2, 0.25) is 0 Å². The maximum atomic E-state index is 6.03. The Hall–Kier alpha value is -0.0400. The van der Waals surface area contributed by atoms with Gasteiger partial charge in [-0.1, -0.05) is 38.5 Å². The molecule has 0 aromatic heterocycles. The van der Waals surface area contributed by atoms with E-state index in [1.165, 1.54) is 64.2 Å². The lowest BCUT2D eigenvalue weighted by Gasteiger charge is -2.17. The van der Waals surface area contributed by atoms with E-state index in [4.69, 9.17) is 4.74 Å². The van der Waals surface area contributed by atoms with Gasteiger partial charge in [0.05, 0.1) is 6.10 Å². The van der Waals surface area contributed by atoms with Crippen molar-refractivity contribution in [2.24, 2.45) is 4.99 Å². The molecule has 4 nitrogen and oxygen atoms in total. The predicted octanol–water partition coefficient (Wildman–Crippen LogP) is 4.23. The van der Waals surface area contributed by atoms with Gasteiger partial charge in [-0.2, -0.15) is 0 Å². The van der Waals surface area contributed by atoms with Crippen LogP contribution in [-0.4, -0.2) is 38.3 Å². The Balaban J connectivity index is 0.00000264. The summed E-state index contributed by atoms with van der Waals surface area (Å²) in [6, 6.07) is 0.629. The second kappa shape index (κ2) is 13.3. The van der Waals surface area contributed by atoms with E-state index in [1.54, 1.807) is 0 Å². The Kier molecular flexibility index (Phi) is 12.1. The Morgan fingerprint density at radius 3 is 2.26 bits per heavy atom. The fraction of sp³-hybridized carbons (Fsp3) is 0.944. The van der Waals surface area contributed by atoms with E-state index < -0.39 is 0 Å². The lowest BCUT2D eigenvalue weighted by atomic mass is 10.1. The van der Waals surface area contributed by atoms with Crippen LogP contribution < -0.4 is 10.6 Å². The van der Waals surface area contributed by atoms with E-state index in [0.29, 0.717) is 12.1 Å². The lowest BCUT2D eigenvalue weighted by molar-refractivity contribution is 0.0411. The second-order valence-corrected chi connectivity index (χ2v) is 6.82. The largest absolute Gasteiger partial charge is 0.378 e. The third kappa shape index (κ3) is 9.13. The zero-order chi connectivity index (χ0) is 15.5. The second-order valence-electron chi connectivity index (χ2n) is 6.82. The molecule has 23 heavy (non-hydrogen) atoms. The van der Waals surface area contributed by atoms with Crippen LogP contribution in [0.3, 0.4) is 0 Å². The van der Waals surface area contributed by atoms with Crippen LogP contribution >= 0.6 is 24.0 Å². The minimum atomic E-state index is 0. The first kappa shape index (κ1) is 21.0. The van der Waals surface area contributed by atoms with Crippen molar-refractivity contribution in [1.82, 2.24) is 10.6 Å². The highest BCUT2D eigenvalue weighted by Gasteiger charge is 2.15. The van der Waals surface area contributed by atoms with E-state index in [0.717, 1.165) is 32.0 Å². The van der Waals surface area contributed by atoms with Crippen LogP contribution in [0.15, 0.2) is 4.99 Å². The Morgan fingerprint density at radius 2 is 1.61 bits per heavy atom. The van der Waals surface area contributed by atoms with Gasteiger partial charge >= 0.3 is 0 Å². The van der Waals surface area contributed by atoms with Crippen molar-refractivity contribution >= 4 is 29.9 Å². The first-order valence-electron chi connectivity index (χ1n) is 9.47. The Labute approximate surface area is 159 Å². The number of halogens is 1. The number of rotatable bonds is 7. The summed E-state index contributed by atoms with van der Waals surface area (Å²) >= 11 is 0. The summed E-state index contributed by atoms with van der Waals surface area (Å²) in [7, 11) is 1.86. The number of ether oxygens (including phenoxy) is 1. The number of nitrogens with zero attached hydrogens (tertiary/aromatic N) is 1. The predicted molar refractivity (Wildman–Crippen MR) is 109 cm³/mol. The molecule has 0 aliphatic heterocycles. The molecule has 0 amide bonds. The van der Waals surface area contributed by atoms with Crippen LogP contribution in [0.1, 0.15) is 77.0 Å². The molecule has 5 heteroatoms. The summed E-state index contributed by atoms with van der Waals surface area (Å²) in [5, 5.41) is 6.95. The van der Waals surface area contributed by atoms with Crippen LogP contribution in [-0.2, 0) is 4.74 Å². The summed E-state index contributed by atoms with van der Waals surface area (Å²) < 4.78 is 6.03. The highest BCUT2D eigenvalue weighted by Crippen LogP contribution is 2.20. The van der Waals surface area contributed by atoms with Crippen LogP contribution in [0.5, 0.6) is 0 Å². The van der Waals surface area contributed by atoms with E-state index in [2.05, 4.69) is 15.6 Å². The van der Waals surface area contributed by atoms with Gasteiger partial charge in [0.15, 0.2) is 5.96 Å². The molecule has 0 unspecified atom stereocenters. The molecule has 0 bridgehead atoms. The average Bonchev–Trinajstić information content (AvgIpc) is 2.91. The van der Waals surface area contributed by atoms with Gasteiger partial charge in [0.1, 0.15) is 0 Å². The maximum Gasteiger partial charge on any atom is 0.191 e. The summed E-state index contributed by atoms with van der Waals surface area (Å²) in [6.45, 7) is 1.90. The average molecular weight is 437 g/mol. The minimum absolute atomic E-state index is 0. The molecular weight excluding hydrogens is 401 g/mol. The number of hydrogen-bond acceptors (Lipinski definition) is 2. The Morgan fingerprint density at radius 1 is 0.957 bits per heavy atom. The molecule has 0 aromatic rings. The molecule has 2 aliphatic rings.